The molecule has 2 aromatic carbocycles. The maximum Gasteiger partial charge on any atom is 0.120 e. The molecular weight excluding hydrogens is 258 g/mol. The molecule has 2 aromatic rings. The summed E-state index contributed by atoms with van der Waals surface area (Å²) in [5, 5.41) is 13.6. The van der Waals surface area contributed by atoms with Gasteiger partial charge in [-0.2, -0.15) is 0 Å². The Bertz CT molecular complexity index is 563. The molecule has 2 nitrogen and oxygen atoms in total. The summed E-state index contributed by atoms with van der Waals surface area (Å²) in [6.07, 6.45) is 0.947. The Balaban J connectivity index is 2.09. The van der Waals surface area contributed by atoms with Crippen LogP contribution in [0.3, 0.4) is 0 Å². The SMILES string of the molecule is CCC(NCC(C)(C)c1ccccc1)c1ccccc1O. The summed E-state index contributed by atoms with van der Waals surface area (Å²) < 4.78 is 0. The number of rotatable bonds is 6. The van der Waals surface area contributed by atoms with Gasteiger partial charge < -0.3 is 10.4 Å². The van der Waals surface area contributed by atoms with Gasteiger partial charge >= 0.3 is 0 Å². The minimum absolute atomic E-state index is 0.0546. The Hall–Kier alpha value is -1.80. The van der Waals surface area contributed by atoms with E-state index in [9.17, 15) is 5.11 Å². The van der Waals surface area contributed by atoms with E-state index in [1.807, 2.05) is 24.3 Å². The Kier molecular flexibility index (Phi) is 5.03. The lowest BCUT2D eigenvalue weighted by atomic mass is 9.84. The van der Waals surface area contributed by atoms with Gasteiger partial charge in [-0.3, -0.25) is 0 Å². The molecule has 0 aliphatic heterocycles. The Labute approximate surface area is 127 Å². The van der Waals surface area contributed by atoms with Crippen molar-refractivity contribution in [1.29, 1.82) is 0 Å². The molecular formula is C19H25NO. The first-order valence-electron chi connectivity index (χ1n) is 7.61. The maximum atomic E-state index is 10.0. The van der Waals surface area contributed by atoms with Gasteiger partial charge in [-0.15, -0.1) is 0 Å². The van der Waals surface area contributed by atoms with Crippen molar-refractivity contribution in [2.45, 2.75) is 38.6 Å². The third kappa shape index (κ3) is 3.85. The van der Waals surface area contributed by atoms with Crippen LogP contribution in [0.2, 0.25) is 0 Å². The average molecular weight is 283 g/mol. The molecule has 0 amide bonds. The first-order valence-corrected chi connectivity index (χ1v) is 7.61. The number of hydrogen-bond donors (Lipinski definition) is 2. The zero-order valence-corrected chi connectivity index (χ0v) is 13.1. The molecule has 1 unspecified atom stereocenters. The first-order chi connectivity index (χ1) is 10.0. The minimum atomic E-state index is 0.0546. The molecule has 2 rings (SSSR count). The van der Waals surface area contributed by atoms with E-state index in [-0.39, 0.29) is 11.5 Å². The maximum absolute atomic E-state index is 10.0. The van der Waals surface area contributed by atoms with Gasteiger partial charge in [-0.05, 0) is 18.1 Å². The van der Waals surface area contributed by atoms with E-state index in [1.54, 1.807) is 6.07 Å². The average Bonchev–Trinajstić information content (AvgIpc) is 2.50. The highest BCUT2D eigenvalue weighted by molar-refractivity contribution is 5.34. The second kappa shape index (κ2) is 6.77. The highest BCUT2D eigenvalue weighted by atomic mass is 16.3. The van der Waals surface area contributed by atoms with Gasteiger partial charge in [0.15, 0.2) is 0 Å². The van der Waals surface area contributed by atoms with E-state index in [0.717, 1.165) is 18.5 Å². The molecule has 0 saturated carbocycles. The van der Waals surface area contributed by atoms with E-state index >= 15 is 0 Å². The Morgan fingerprint density at radius 3 is 2.24 bits per heavy atom. The lowest BCUT2D eigenvalue weighted by molar-refractivity contribution is 0.400. The van der Waals surface area contributed by atoms with Gasteiger partial charge in [0.2, 0.25) is 0 Å². The van der Waals surface area contributed by atoms with Crippen molar-refractivity contribution in [2.24, 2.45) is 0 Å². The Morgan fingerprint density at radius 2 is 1.62 bits per heavy atom. The van der Waals surface area contributed by atoms with Crippen LogP contribution in [-0.4, -0.2) is 11.7 Å². The van der Waals surface area contributed by atoms with Gasteiger partial charge in [0.1, 0.15) is 5.75 Å². The van der Waals surface area contributed by atoms with Crippen LogP contribution in [0.4, 0.5) is 0 Å². The predicted octanol–water partition coefficient (Wildman–Crippen LogP) is 4.41. The monoisotopic (exact) mass is 283 g/mol. The van der Waals surface area contributed by atoms with Crippen LogP contribution < -0.4 is 5.32 Å². The van der Waals surface area contributed by atoms with Crippen molar-refractivity contribution in [3.05, 3.63) is 65.7 Å². The normalized spacial score (nSPS) is 13.1. The summed E-state index contributed by atoms with van der Waals surface area (Å²) in [6.45, 7) is 7.49. The molecule has 0 fully saturated rings. The fourth-order valence-electron chi connectivity index (χ4n) is 2.63. The summed E-state index contributed by atoms with van der Waals surface area (Å²) in [4.78, 5) is 0. The fraction of sp³-hybridized carbons (Fsp3) is 0.368. The number of benzene rings is 2. The summed E-state index contributed by atoms with van der Waals surface area (Å²) in [5.74, 6) is 0.370. The topological polar surface area (TPSA) is 32.3 Å². The zero-order valence-electron chi connectivity index (χ0n) is 13.1. The van der Waals surface area contributed by atoms with Gasteiger partial charge in [-0.25, -0.2) is 0 Å². The molecule has 0 radical (unpaired) electrons. The molecule has 2 N–H and O–H groups in total. The lowest BCUT2D eigenvalue weighted by Gasteiger charge is -2.29. The summed E-state index contributed by atoms with van der Waals surface area (Å²) in [5.41, 5.74) is 2.35. The van der Waals surface area contributed by atoms with Gasteiger partial charge in [-0.1, -0.05) is 69.3 Å². The quantitative estimate of drug-likeness (QED) is 0.823. The van der Waals surface area contributed by atoms with Crippen LogP contribution in [0.25, 0.3) is 0 Å². The highest BCUT2D eigenvalue weighted by Gasteiger charge is 2.22. The predicted molar refractivity (Wildman–Crippen MR) is 88.6 cm³/mol. The number of aromatic hydroxyl groups is 1. The largest absolute Gasteiger partial charge is 0.508 e. The molecule has 21 heavy (non-hydrogen) atoms. The molecule has 0 aliphatic carbocycles. The molecule has 0 aromatic heterocycles. The number of hydrogen-bond acceptors (Lipinski definition) is 2. The van der Waals surface area contributed by atoms with Crippen molar-refractivity contribution < 1.29 is 5.11 Å². The third-order valence-electron chi connectivity index (χ3n) is 4.07. The van der Waals surface area contributed by atoms with Gasteiger partial charge in [0, 0.05) is 23.6 Å². The van der Waals surface area contributed by atoms with E-state index < -0.39 is 0 Å². The third-order valence-corrected chi connectivity index (χ3v) is 4.07. The van der Waals surface area contributed by atoms with Crippen molar-refractivity contribution in [3.63, 3.8) is 0 Å². The standard InChI is InChI=1S/C19H25NO/c1-4-17(16-12-8-9-13-18(16)21)20-14-19(2,3)15-10-6-5-7-11-15/h5-13,17,20-21H,4,14H2,1-3H3. The second-order valence-corrected chi connectivity index (χ2v) is 6.15. The molecule has 0 spiro atoms. The summed E-state index contributed by atoms with van der Waals surface area (Å²) >= 11 is 0. The number of phenols is 1. The van der Waals surface area contributed by atoms with E-state index in [0.29, 0.717) is 5.75 Å². The van der Waals surface area contributed by atoms with E-state index in [4.69, 9.17) is 0 Å². The van der Waals surface area contributed by atoms with Crippen molar-refractivity contribution in [3.8, 4) is 5.75 Å². The number of para-hydroxylation sites is 1. The molecule has 0 saturated heterocycles. The summed E-state index contributed by atoms with van der Waals surface area (Å²) in [7, 11) is 0. The smallest absolute Gasteiger partial charge is 0.120 e. The number of phenolic OH excluding ortho intramolecular Hbond substituents is 1. The van der Waals surface area contributed by atoms with E-state index in [2.05, 4.69) is 50.4 Å². The number of nitrogens with one attached hydrogen (secondary N) is 1. The van der Waals surface area contributed by atoms with Gasteiger partial charge in [0.25, 0.3) is 0 Å². The van der Waals surface area contributed by atoms with Crippen LogP contribution in [0.15, 0.2) is 54.6 Å². The van der Waals surface area contributed by atoms with Crippen LogP contribution in [-0.2, 0) is 5.41 Å². The van der Waals surface area contributed by atoms with Crippen LogP contribution >= 0.6 is 0 Å². The minimum Gasteiger partial charge on any atom is -0.508 e. The van der Waals surface area contributed by atoms with E-state index in [1.165, 1.54) is 5.56 Å². The second-order valence-electron chi connectivity index (χ2n) is 6.15. The van der Waals surface area contributed by atoms with Crippen molar-refractivity contribution in [2.75, 3.05) is 6.54 Å². The molecule has 112 valence electrons. The molecule has 0 heterocycles. The summed E-state index contributed by atoms with van der Waals surface area (Å²) in [6, 6.07) is 18.3. The highest BCUT2D eigenvalue weighted by Crippen LogP contribution is 2.28. The lowest BCUT2D eigenvalue weighted by Crippen LogP contribution is -2.35. The molecule has 2 heteroatoms. The molecule has 0 bridgehead atoms. The van der Waals surface area contributed by atoms with Gasteiger partial charge in [0.05, 0.1) is 0 Å². The van der Waals surface area contributed by atoms with Crippen molar-refractivity contribution in [1.82, 2.24) is 5.32 Å². The van der Waals surface area contributed by atoms with Crippen LogP contribution in [0.1, 0.15) is 44.4 Å². The molecule has 0 aliphatic rings. The zero-order chi connectivity index (χ0) is 15.3. The van der Waals surface area contributed by atoms with Crippen molar-refractivity contribution >= 4 is 0 Å². The van der Waals surface area contributed by atoms with Crippen LogP contribution in [0.5, 0.6) is 5.75 Å². The Morgan fingerprint density at radius 1 is 1.00 bits per heavy atom. The molecule has 1 atom stereocenters. The fourth-order valence-corrected chi connectivity index (χ4v) is 2.63. The van der Waals surface area contributed by atoms with Crippen LogP contribution in [0, 0.1) is 0 Å². The first kappa shape index (κ1) is 15.6.